The number of allylic oxidation sites excluding steroid dienone is 1. The lowest BCUT2D eigenvalue weighted by Gasteiger charge is -2.30. The van der Waals surface area contributed by atoms with Crippen LogP contribution in [0.5, 0.6) is 0 Å². The molecule has 0 aromatic carbocycles. The number of esters is 3. The predicted molar refractivity (Wildman–Crippen MR) is 128 cm³/mol. The summed E-state index contributed by atoms with van der Waals surface area (Å²) in [6.45, 7) is 6.78. The molecule has 15 heteroatoms. The molecule has 1 unspecified atom stereocenters. The molecule has 0 amide bonds. The van der Waals surface area contributed by atoms with E-state index in [4.69, 9.17) is 18.7 Å². The first-order chi connectivity index (χ1) is 17.3. The zero-order chi connectivity index (χ0) is 27.9. The molecule has 0 aliphatic carbocycles. The smallest absolute Gasteiger partial charge is 0.341 e. The van der Waals surface area contributed by atoms with Gasteiger partial charge in [0.05, 0.1) is 19.3 Å². The van der Waals surface area contributed by atoms with Gasteiger partial charge in [0.15, 0.2) is 18.4 Å². The Morgan fingerprint density at radius 2 is 1.76 bits per heavy atom. The van der Waals surface area contributed by atoms with Crippen molar-refractivity contribution in [2.75, 3.05) is 13.7 Å². The van der Waals surface area contributed by atoms with Gasteiger partial charge in [-0.25, -0.2) is 15.0 Å². The molecule has 2 aliphatic rings. The number of carbonyl (C=O) groups is 4. The van der Waals surface area contributed by atoms with Gasteiger partial charge in [-0.3, -0.25) is 18.9 Å². The van der Waals surface area contributed by atoms with E-state index >= 15 is 0 Å². The first kappa shape index (κ1) is 30.5. The summed E-state index contributed by atoms with van der Waals surface area (Å²) in [5, 5.41) is 14.7. The maximum atomic E-state index is 13.5. The Bertz CT molecular complexity index is 983. The maximum absolute atomic E-state index is 13.5. The Morgan fingerprint density at radius 1 is 1.14 bits per heavy atom. The SMILES string of the molecule is COC(=O)[C@H](C)NP(=O)(NC(C)C)OC[C@H]1O[C@@H](N2C=CCC(C(=O)O)=C2)[C@H](OC(C)=O)[C@@H]1OC(C)=O. The van der Waals surface area contributed by atoms with Crippen LogP contribution in [0.3, 0.4) is 0 Å². The molecule has 37 heavy (non-hydrogen) atoms. The standard InChI is InChI=1S/C22H34N3O11P/c1-12(2)23-37(31,24-13(3)22(30)32-6)33-11-17-18(34-14(4)26)19(35-15(5)27)20(36-17)25-9-7-8-16(10-25)21(28)29/h7,9-10,12-13,17-20H,8,11H2,1-6H3,(H,28,29)(H2,23,24,31)/t13-,17+,18+,19+,20+,37?/m0/s1. The molecule has 14 nitrogen and oxygen atoms in total. The molecule has 208 valence electrons. The number of ether oxygens (including phenoxy) is 4. The molecule has 3 N–H and O–H groups in total. The second kappa shape index (κ2) is 13.2. The number of rotatable bonds is 12. The molecular weight excluding hydrogens is 513 g/mol. The normalized spacial score (nSPS) is 25.7. The van der Waals surface area contributed by atoms with Crippen LogP contribution < -0.4 is 10.2 Å². The molecule has 2 heterocycles. The van der Waals surface area contributed by atoms with Crippen molar-refractivity contribution in [1.82, 2.24) is 15.1 Å². The minimum Gasteiger partial charge on any atom is -0.478 e. The third-order valence-corrected chi connectivity index (χ3v) is 7.24. The van der Waals surface area contributed by atoms with Crippen molar-refractivity contribution in [2.45, 2.75) is 77.7 Å². The van der Waals surface area contributed by atoms with E-state index in [0.717, 1.165) is 13.8 Å². The fraction of sp³-hybridized carbons (Fsp3) is 0.636. The van der Waals surface area contributed by atoms with Crippen LogP contribution in [0.2, 0.25) is 0 Å². The molecule has 0 radical (unpaired) electrons. The summed E-state index contributed by atoms with van der Waals surface area (Å²) in [6.07, 6.45) is 0.0816. The first-order valence-electron chi connectivity index (χ1n) is 11.5. The van der Waals surface area contributed by atoms with Crippen molar-refractivity contribution in [3.63, 3.8) is 0 Å². The van der Waals surface area contributed by atoms with Gasteiger partial charge in [-0.15, -0.1) is 0 Å². The highest BCUT2D eigenvalue weighted by atomic mass is 31.2. The summed E-state index contributed by atoms with van der Waals surface area (Å²) >= 11 is 0. The molecule has 2 aliphatic heterocycles. The molecule has 1 saturated heterocycles. The van der Waals surface area contributed by atoms with E-state index in [2.05, 4.69) is 14.9 Å². The zero-order valence-electron chi connectivity index (χ0n) is 21.5. The molecule has 0 spiro atoms. The van der Waals surface area contributed by atoms with Crippen molar-refractivity contribution in [1.29, 1.82) is 0 Å². The lowest BCUT2D eigenvalue weighted by Crippen LogP contribution is -2.45. The van der Waals surface area contributed by atoms with Gasteiger partial charge in [0.2, 0.25) is 0 Å². The van der Waals surface area contributed by atoms with Crippen molar-refractivity contribution < 1.29 is 52.3 Å². The summed E-state index contributed by atoms with van der Waals surface area (Å²) in [7, 11) is -2.69. The highest BCUT2D eigenvalue weighted by molar-refractivity contribution is 7.54. The molecule has 6 atom stereocenters. The van der Waals surface area contributed by atoms with E-state index < -0.39 is 68.7 Å². The van der Waals surface area contributed by atoms with Gasteiger partial charge in [0.25, 0.3) is 0 Å². The van der Waals surface area contributed by atoms with Crippen LogP contribution in [-0.2, 0) is 47.2 Å². The highest BCUT2D eigenvalue weighted by Crippen LogP contribution is 2.41. The van der Waals surface area contributed by atoms with Crippen molar-refractivity contribution >= 4 is 31.5 Å². The second-order valence-electron chi connectivity index (χ2n) is 8.71. The third kappa shape index (κ3) is 8.64. The van der Waals surface area contributed by atoms with E-state index in [9.17, 15) is 28.8 Å². The van der Waals surface area contributed by atoms with Crippen molar-refractivity contribution in [3.05, 3.63) is 24.0 Å². The quantitative estimate of drug-likeness (QED) is 0.179. The summed E-state index contributed by atoms with van der Waals surface area (Å²) in [5.74, 6) is -3.20. The lowest BCUT2D eigenvalue weighted by atomic mass is 10.1. The molecule has 2 rings (SSSR count). The Balaban J connectivity index is 2.35. The molecule has 1 fully saturated rings. The first-order valence-corrected chi connectivity index (χ1v) is 13.1. The van der Waals surface area contributed by atoms with Crippen LogP contribution in [0, 0.1) is 0 Å². The van der Waals surface area contributed by atoms with Crippen molar-refractivity contribution in [3.8, 4) is 0 Å². The number of nitrogens with one attached hydrogen (secondary N) is 2. The predicted octanol–water partition coefficient (Wildman–Crippen LogP) is 1.04. The van der Waals surface area contributed by atoms with E-state index in [0.29, 0.717) is 0 Å². The minimum atomic E-state index is -3.88. The molecule has 0 aromatic heterocycles. The van der Waals surface area contributed by atoms with Gasteiger partial charge in [0, 0.05) is 38.7 Å². The Labute approximate surface area is 214 Å². The number of nitrogens with zero attached hydrogens (tertiary/aromatic N) is 1. The van der Waals surface area contributed by atoms with Crippen LogP contribution in [0.15, 0.2) is 24.0 Å². The van der Waals surface area contributed by atoms with Gasteiger partial charge in [0.1, 0.15) is 12.1 Å². The molecule has 0 saturated carbocycles. The Kier molecular flexibility index (Phi) is 10.8. The van der Waals surface area contributed by atoms with E-state index in [1.807, 2.05) is 0 Å². The fourth-order valence-electron chi connectivity index (χ4n) is 3.73. The van der Waals surface area contributed by atoms with Crippen LogP contribution in [-0.4, -0.2) is 84.2 Å². The number of hydrogen-bond donors (Lipinski definition) is 3. The van der Waals surface area contributed by atoms with E-state index in [-0.39, 0.29) is 18.0 Å². The number of carbonyl (C=O) groups excluding carboxylic acids is 3. The fourth-order valence-corrected chi connectivity index (χ4v) is 5.60. The third-order valence-electron chi connectivity index (χ3n) is 5.15. The van der Waals surface area contributed by atoms with Crippen LogP contribution in [0.4, 0.5) is 0 Å². The monoisotopic (exact) mass is 547 g/mol. The molecular formula is C22H34N3O11P. The van der Waals surface area contributed by atoms with Crippen molar-refractivity contribution in [2.24, 2.45) is 0 Å². The summed E-state index contributed by atoms with van der Waals surface area (Å²) < 4.78 is 40.7. The average Bonchev–Trinajstić information content (AvgIpc) is 3.12. The second-order valence-corrected chi connectivity index (χ2v) is 10.6. The van der Waals surface area contributed by atoms with E-state index in [1.165, 1.54) is 25.1 Å². The summed E-state index contributed by atoms with van der Waals surface area (Å²) in [6, 6.07) is -1.31. The summed E-state index contributed by atoms with van der Waals surface area (Å²) in [4.78, 5) is 48.5. The number of methoxy groups -OCH3 is 1. The molecule has 0 bridgehead atoms. The number of carboxylic acids is 1. The number of aliphatic carboxylic acids is 1. The van der Waals surface area contributed by atoms with Gasteiger partial charge < -0.3 is 33.5 Å². The molecule has 0 aromatic rings. The maximum Gasteiger partial charge on any atom is 0.341 e. The van der Waals surface area contributed by atoms with Gasteiger partial charge in [-0.1, -0.05) is 6.08 Å². The minimum absolute atomic E-state index is 0.0584. The van der Waals surface area contributed by atoms with Gasteiger partial charge in [-0.2, -0.15) is 0 Å². The Morgan fingerprint density at radius 3 is 2.30 bits per heavy atom. The van der Waals surface area contributed by atoms with Crippen LogP contribution in [0.25, 0.3) is 0 Å². The Hall–Kier alpha value is -2.77. The lowest BCUT2D eigenvalue weighted by molar-refractivity contribution is -0.166. The van der Waals surface area contributed by atoms with Crippen LogP contribution in [0.1, 0.15) is 41.0 Å². The van der Waals surface area contributed by atoms with Gasteiger partial charge >= 0.3 is 31.5 Å². The van der Waals surface area contributed by atoms with Crippen LogP contribution >= 0.6 is 7.67 Å². The van der Waals surface area contributed by atoms with E-state index in [1.54, 1.807) is 26.1 Å². The highest BCUT2D eigenvalue weighted by Gasteiger charge is 2.52. The largest absolute Gasteiger partial charge is 0.478 e. The zero-order valence-corrected chi connectivity index (χ0v) is 22.4. The topological polar surface area (TPSA) is 179 Å². The average molecular weight is 547 g/mol. The number of carboxylic acid groups (broad SMARTS) is 1. The number of hydrogen-bond acceptors (Lipinski definition) is 11. The summed E-state index contributed by atoms with van der Waals surface area (Å²) in [5.41, 5.74) is 0.0584. The van der Waals surface area contributed by atoms with Gasteiger partial charge in [-0.05, 0) is 20.8 Å².